The van der Waals surface area contributed by atoms with Crippen molar-refractivity contribution in [3.05, 3.63) is 82.9 Å². The van der Waals surface area contributed by atoms with Crippen molar-refractivity contribution in [2.75, 3.05) is 69.7 Å². The van der Waals surface area contributed by atoms with Crippen LogP contribution in [0.15, 0.2) is 48.5 Å². The maximum Gasteiger partial charge on any atom is 0.407 e. The van der Waals surface area contributed by atoms with Crippen LogP contribution in [0.2, 0.25) is 25.2 Å². The summed E-state index contributed by atoms with van der Waals surface area (Å²) in [5.74, 6) is -2.83. The first-order valence-electron chi connectivity index (χ1n) is 25.3. The van der Waals surface area contributed by atoms with Crippen LogP contribution in [0.4, 0.5) is 39.8 Å². The van der Waals surface area contributed by atoms with Crippen molar-refractivity contribution in [2.24, 2.45) is 0 Å². The number of carbonyl (C=O) groups is 5. The Morgan fingerprint density at radius 2 is 1.27 bits per heavy atom. The number of nitrogens with one attached hydrogen (secondary N) is 4. The molecule has 0 bridgehead atoms. The molecule has 0 spiro atoms. The van der Waals surface area contributed by atoms with Gasteiger partial charge in [0, 0.05) is 63.4 Å². The third kappa shape index (κ3) is 11.2. The Kier molecular flexibility index (Phi) is 16.5. The first kappa shape index (κ1) is 53.9. The Bertz CT molecular complexity index is 2700. The predicted molar refractivity (Wildman–Crippen MR) is 274 cm³/mol. The Morgan fingerprint density at radius 3 is 1.86 bits per heavy atom. The van der Waals surface area contributed by atoms with Gasteiger partial charge in [-0.25, -0.2) is 27.7 Å². The molecule has 4 aliphatic rings. The number of halogens is 3. The standard InChI is InChI=1S/C52H68F3N9O9Si/c1-29(70-3)44(59-51(68)72-5)49(66)62-19-9-11-42(62)47-57-38-27-34(35(53)28-39(38)58-47)41-18-17-40(64(41)33-25-36(54)46(37(55)26-33)61-21-23-74(7,8)24-22-61)31-13-15-32(16-14-31)56-48(65)43-12-10-20-63(43)50(67)45(30(2)71-4)60-52(69)73-6/h13-16,25-30,40-45H,9-12,17-24H2,1-8H3,(H,56,65)(H,57,58)(H,59,68)(H,60,69)/t29-,30-,40+,41+,42+,43+,44+,45+/m1/s1. The molecule has 3 aromatic carbocycles. The number of likely N-dealkylation sites (tertiary alicyclic amines) is 2. The molecule has 8 rings (SSSR count). The Labute approximate surface area is 430 Å². The molecule has 4 N–H and O–H groups in total. The van der Waals surface area contributed by atoms with Crippen LogP contribution in [0.1, 0.15) is 87.4 Å². The number of benzene rings is 3. The summed E-state index contributed by atoms with van der Waals surface area (Å²) in [6.45, 7) is 9.67. The number of nitrogens with zero attached hydrogens (tertiary/aromatic N) is 5. The first-order valence-corrected chi connectivity index (χ1v) is 28.8. The lowest BCUT2D eigenvalue weighted by atomic mass is 10.0. The summed E-state index contributed by atoms with van der Waals surface area (Å²) < 4.78 is 70.2. The highest BCUT2D eigenvalue weighted by atomic mass is 28.3. The van der Waals surface area contributed by atoms with Gasteiger partial charge in [0.05, 0.1) is 63.7 Å². The number of fused-ring (bicyclic) bond motifs is 1. The molecule has 4 aromatic rings. The van der Waals surface area contributed by atoms with Gasteiger partial charge in [0.25, 0.3) is 0 Å². The molecule has 0 radical (unpaired) electrons. The fourth-order valence-corrected chi connectivity index (χ4v) is 13.0. The molecule has 18 nitrogen and oxygen atoms in total. The Balaban J connectivity index is 1.08. The number of hydrogen-bond donors (Lipinski definition) is 4. The number of aromatic nitrogens is 2. The van der Waals surface area contributed by atoms with Crippen molar-refractivity contribution in [2.45, 2.75) is 126 Å². The van der Waals surface area contributed by atoms with Crippen molar-refractivity contribution < 1.29 is 56.1 Å². The summed E-state index contributed by atoms with van der Waals surface area (Å²) >= 11 is 0. The topological polar surface area (TPSA) is 200 Å². The van der Waals surface area contributed by atoms with Crippen molar-refractivity contribution in [1.82, 2.24) is 30.4 Å². The van der Waals surface area contributed by atoms with Gasteiger partial charge in [-0.15, -0.1) is 0 Å². The molecule has 1 aromatic heterocycles. The van der Waals surface area contributed by atoms with E-state index in [1.807, 2.05) is 17.0 Å². The number of methoxy groups -OCH3 is 4. The van der Waals surface area contributed by atoms with Crippen LogP contribution in [-0.2, 0) is 33.3 Å². The third-order valence-corrected chi connectivity index (χ3v) is 18.6. The summed E-state index contributed by atoms with van der Waals surface area (Å²) in [7, 11) is 3.79. The van der Waals surface area contributed by atoms with E-state index in [1.54, 1.807) is 41.8 Å². The molecule has 4 saturated heterocycles. The van der Waals surface area contributed by atoms with Crippen molar-refractivity contribution >= 4 is 66.1 Å². The summed E-state index contributed by atoms with van der Waals surface area (Å²) in [5.41, 5.74) is 2.47. The van der Waals surface area contributed by atoms with E-state index in [1.165, 1.54) is 51.5 Å². The molecule has 0 saturated carbocycles. The number of anilines is 3. The molecule has 0 aliphatic carbocycles. The van der Waals surface area contributed by atoms with E-state index in [2.05, 4.69) is 34.0 Å². The molecular weight excluding hydrogens is 980 g/mol. The number of H-pyrrole nitrogens is 1. The van der Waals surface area contributed by atoms with Gasteiger partial charge in [0.1, 0.15) is 35.5 Å². The number of imidazole rings is 1. The van der Waals surface area contributed by atoms with Gasteiger partial charge < -0.3 is 59.5 Å². The van der Waals surface area contributed by atoms with Crippen molar-refractivity contribution in [3.8, 4) is 0 Å². The lowest BCUT2D eigenvalue weighted by Gasteiger charge is -2.38. The molecule has 22 heteroatoms. The summed E-state index contributed by atoms with van der Waals surface area (Å²) in [5, 5.41) is 8.04. The van der Waals surface area contributed by atoms with E-state index in [4.69, 9.17) is 23.9 Å². The molecule has 4 aliphatic heterocycles. The van der Waals surface area contributed by atoms with Crippen LogP contribution >= 0.6 is 0 Å². The van der Waals surface area contributed by atoms with Crippen LogP contribution in [-0.4, -0.2) is 143 Å². The normalized spacial score (nSPS) is 22.3. The lowest BCUT2D eigenvalue weighted by Crippen LogP contribution is -2.56. The maximum absolute atomic E-state index is 16.8. The molecule has 400 valence electrons. The van der Waals surface area contributed by atoms with Crippen LogP contribution in [0.5, 0.6) is 0 Å². The van der Waals surface area contributed by atoms with Crippen LogP contribution in [0.3, 0.4) is 0 Å². The maximum atomic E-state index is 16.8. The number of amides is 5. The molecule has 8 atom stereocenters. The molecule has 0 unspecified atom stereocenters. The first-order chi connectivity index (χ1) is 35.4. The fraction of sp³-hybridized carbons (Fsp3) is 0.538. The zero-order chi connectivity index (χ0) is 53.2. The minimum atomic E-state index is -1.46. The monoisotopic (exact) mass is 1050 g/mol. The number of carbonyl (C=O) groups excluding carboxylic acids is 5. The smallest absolute Gasteiger partial charge is 0.407 e. The molecule has 5 amide bonds. The second-order valence-corrected chi connectivity index (χ2v) is 25.9. The van der Waals surface area contributed by atoms with Crippen LogP contribution in [0.25, 0.3) is 11.0 Å². The third-order valence-electron chi connectivity index (χ3n) is 15.5. The van der Waals surface area contributed by atoms with Gasteiger partial charge in [-0.2, -0.15) is 0 Å². The van der Waals surface area contributed by atoms with Gasteiger partial charge in [-0.3, -0.25) is 14.4 Å². The SMILES string of the molecule is COC(=O)N[C@H](C(=O)N1CCC[C@H]1C(=O)Nc1ccc([C@@H]2CC[C@@H](c3cc4[nH]c([C@@H]5CCCN5C(=O)[C@@H](NC(=O)OC)[C@@H](C)OC)nc4cc3F)N2c2cc(F)c(N3CC[Si](C)(C)CC3)c(F)c2)cc1)[C@@H](C)OC. The van der Waals surface area contributed by atoms with E-state index in [0.717, 1.165) is 17.7 Å². The number of aromatic amines is 1. The van der Waals surface area contributed by atoms with E-state index in [-0.39, 0.29) is 22.8 Å². The lowest BCUT2D eigenvalue weighted by molar-refractivity contribution is -0.141. The van der Waals surface area contributed by atoms with Crippen molar-refractivity contribution in [1.29, 1.82) is 0 Å². The summed E-state index contributed by atoms with van der Waals surface area (Å²) in [6.07, 6.45) is 0.0639. The fourth-order valence-electron chi connectivity index (χ4n) is 11.0. The highest BCUT2D eigenvalue weighted by molar-refractivity contribution is 6.77. The Morgan fingerprint density at radius 1 is 0.703 bits per heavy atom. The second kappa shape index (κ2) is 22.6. The average Bonchev–Trinajstić information content (AvgIpc) is 4.23. The molecular formula is C52H68F3N9O9Si. The Hall–Kier alpha value is -6.39. The van der Waals surface area contributed by atoms with E-state index in [0.29, 0.717) is 87.2 Å². The van der Waals surface area contributed by atoms with Crippen molar-refractivity contribution in [3.63, 3.8) is 0 Å². The number of alkyl carbamates (subject to hydrolysis) is 2. The number of hydrogen-bond acceptors (Lipinski definition) is 12. The molecule has 74 heavy (non-hydrogen) atoms. The largest absolute Gasteiger partial charge is 0.453 e. The van der Waals surface area contributed by atoms with Gasteiger partial charge >= 0.3 is 12.2 Å². The summed E-state index contributed by atoms with van der Waals surface area (Å²) in [4.78, 5) is 80.7. The van der Waals surface area contributed by atoms with Crippen LogP contribution in [0, 0.1) is 17.5 Å². The zero-order valence-electron chi connectivity index (χ0n) is 43.3. The van der Waals surface area contributed by atoms with Crippen LogP contribution < -0.4 is 25.8 Å². The van der Waals surface area contributed by atoms with E-state index >= 15 is 13.2 Å². The van der Waals surface area contributed by atoms with Gasteiger partial charge in [0.2, 0.25) is 17.7 Å². The van der Waals surface area contributed by atoms with E-state index < -0.39 is 98.0 Å². The zero-order valence-corrected chi connectivity index (χ0v) is 44.3. The predicted octanol–water partition coefficient (Wildman–Crippen LogP) is 7.70. The highest BCUT2D eigenvalue weighted by Gasteiger charge is 2.43. The molecule has 4 fully saturated rings. The quantitative estimate of drug-likeness (QED) is 0.0848. The van der Waals surface area contributed by atoms with Gasteiger partial charge in [-0.1, -0.05) is 25.2 Å². The van der Waals surface area contributed by atoms with Gasteiger partial charge in [0.15, 0.2) is 11.6 Å². The van der Waals surface area contributed by atoms with Gasteiger partial charge in [-0.05, 0) is 100 Å². The summed E-state index contributed by atoms with van der Waals surface area (Å²) in [6, 6.07) is 9.92. The molecule has 5 heterocycles. The number of ether oxygens (including phenoxy) is 4. The van der Waals surface area contributed by atoms with E-state index in [9.17, 15) is 24.0 Å². The second-order valence-electron chi connectivity index (χ2n) is 20.5. The average molecular weight is 1050 g/mol. The minimum absolute atomic E-state index is 0.0715. The highest BCUT2D eigenvalue weighted by Crippen LogP contribution is 2.49. The minimum Gasteiger partial charge on any atom is -0.453 e. The number of rotatable bonds is 15.